The smallest absolute Gasteiger partial charge is 0.229 e. The molecule has 1 aliphatic rings. The van der Waals surface area contributed by atoms with Crippen molar-refractivity contribution in [3.05, 3.63) is 41.9 Å². The third kappa shape index (κ3) is 3.74. The number of aryl methyl sites for hydroxylation is 1. The Bertz CT molecular complexity index is 964. The third-order valence-electron chi connectivity index (χ3n) is 4.72. The van der Waals surface area contributed by atoms with E-state index in [0.717, 1.165) is 48.0 Å². The minimum absolute atomic E-state index is 0.265. The monoisotopic (exact) mass is 380 g/mol. The molecule has 3 N–H and O–H groups in total. The van der Waals surface area contributed by atoms with Crippen molar-refractivity contribution in [2.75, 3.05) is 31.3 Å². The quantitative estimate of drug-likeness (QED) is 0.600. The van der Waals surface area contributed by atoms with Crippen molar-refractivity contribution in [2.45, 2.75) is 25.8 Å². The fraction of sp³-hybridized carbons (Fsp3) is 0.368. The van der Waals surface area contributed by atoms with Gasteiger partial charge in [0.1, 0.15) is 22.9 Å². The summed E-state index contributed by atoms with van der Waals surface area (Å²) in [6.45, 7) is 2.95. The Balaban J connectivity index is 1.64. The molecule has 28 heavy (non-hydrogen) atoms. The lowest BCUT2D eigenvalue weighted by Gasteiger charge is -2.12. The number of aromatic nitrogens is 5. The predicted molar refractivity (Wildman–Crippen MR) is 107 cm³/mol. The zero-order chi connectivity index (χ0) is 19.5. The molecule has 0 radical (unpaired) electrons. The SMILES string of the molecule is CNc1cc(C)nc(Nc2ccc(OC)c(-n3cc([C@H]4CCCN4)nn3)c2)n1. The largest absolute Gasteiger partial charge is 0.494 e. The number of rotatable bonds is 6. The molecule has 0 spiro atoms. The van der Waals surface area contributed by atoms with Crippen molar-refractivity contribution >= 4 is 17.5 Å². The topological polar surface area (TPSA) is 102 Å². The number of anilines is 3. The van der Waals surface area contributed by atoms with E-state index in [9.17, 15) is 0 Å². The lowest BCUT2D eigenvalue weighted by Crippen LogP contribution is -2.13. The Hall–Kier alpha value is -3.20. The van der Waals surface area contributed by atoms with E-state index in [1.165, 1.54) is 0 Å². The summed E-state index contributed by atoms with van der Waals surface area (Å²) < 4.78 is 7.27. The summed E-state index contributed by atoms with van der Waals surface area (Å²) in [6, 6.07) is 7.91. The first-order valence-corrected chi connectivity index (χ1v) is 9.31. The molecular formula is C19H24N8O. The van der Waals surface area contributed by atoms with Crippen molar-refractivity contribution in [2.24, 2.45) is 0 Å². The van der Waals surface area contributed by atoms with E-state index in [1.807, 2.05) is 44.4 Å². The van der Waals surface area contributed by atoms with Gasteiger partial charge >= 0.3 is 0 Å². The number of nitrogens with one attached hydrogen (secondary N) is 3. The van der Waals surface area contributed by atoms with Crippen molar-refractivity contribution in [3.8, 4) is 11.4 Å². The molecule has 3 heterocycles. The van der Waals surface area contributed by atoms with Gasteiger partial charge in [0.25, 0.3) is 0 Å². The standard InChI is InChI=1S/C19H24N8O/c1-12-9-18(20-2)24-19(22-12)23-13-6-7-17(28-3)16(10-13)27-11-15(25-26-27)14-5-4-8-21-14/h6-7,9-11,14,21H,4-5,8H2,1-3H3,(H2,20,22,23,24)/t14-/m1/s1. The number of ether oxygens (including phenoxy) is 1. The van der Waals surface area contributed by atoms with Gasteiger partial charge in [0.05, 0.1) is 19.3 Å². The van der Waals surface area contributed by atoms with Crippen molar-refractivity contribution in [1.29, 1.82) is 0 Å². The molecule has 9 nitrogen and oxygen atoms in total. The van der Waals surface area contributed by atoms with Crippen molar-refractivity contribution in [3.63, 3.8) is 0 Å². The average Bonchev–Trinajstić information content (AvgIpc) is 3.39. The van der Waals surface area contributed by atoms with Gasteiger partial charge < -0.3 is 20.7 Å². The van der Waals surface area contributed by atoms with Gasteiger partial charge in [0.2, 0.25) is 5.95 Å². The average molecular weight is 380 g/mol. The van der Waals surface area contributed by atoms with E-state index in [0.29, 0.717) is 11.7 Å². The van der Waals surface area contributed by atoms with Crippen molar-refractivity contribution in [1.82, 2.24) is 30.3 Å². The molecule has 0 bridgehead atoms. The van der Waals surface area contributed by atoms with Gasteiger partial charge in [-0.05, 0) is 44.5 Å². The number of methoxy groups -OCH3 is 1. The minimum atomic E-state index is 0.265. The summed E-state index contributed by atoms with van der Waals surface area (Å²) >= 11 is 0. The first kappa shape index (κ1) is 18.2. The summed E-state index contributed by atoms with van der Waals surface area (Å²) in [5, 5.41) is 18.4. The molecule has 3 aromatic rings. The maximum atomic E-state index is 5.52. The van der Waals surface area contributed by atoms with E-state index in [4.69, 9.17) is 4.74 Å². The van der Waals surface area contributed by atoms with Crippen LogP contribution < -0.4 is 20.7 Å². The molecule has 2 aromatic heterocycles. The molecule has 0 saturated carbocycles. The summed E-state index contributed by atoms with van der Waals surface area (Å²) in [6.07, 6.45) is 4.19. The predicted octanol–water partition coefficient (Wildman–Crippen LogP) is 2.58. The molecule has 146 valence electrons. The molecule has 0 unspecified atom stereocenters. The third-order valence-corrected chi connectivity index (χ3v) is 4.72. The zero-order valence-corrected chi connectivity index (χ0v) is 16.2. The highest BCUT2D eigenvalue weighted by Gasteiger charge is 2.20. The Labute approximate surface area is 163 Å². The van der Waals surface area contributed by atoms with Crippen LogP contribution in [0, 0.1) is 6.92 Å². The molecule has 1 atom stereocenters. The number of hydrogen-bond donors (Lipinski definition) is 3. The van der Waals surface area contributed by atoms with Crippen LogP contribution in [0.3, 0.4) is 0 Å². The van der Waals surface area contributed by atoms with Crippen LogP contribution in [0.1, 0.15) is 30.3 Å². The Kier molecular flexibility index (Phi) is 5.07. The number of hydrogen-bond acceptors (Lipinski definition) is 8. The van der Waals surface area contributed by atoms with Crippen LogP contribution in [0.15, 0.2) is 30.5 Å². The second-order valence-electron chi connectivity index (χ2n) is 6.72. The van der Waals surface area contributed by atoms with Gasteiger partial charge in [-0.3, -0.25) is 0 Å². The van der Waals surface area contributed by atoms with Gasteiger partial charge in [0, 0.05) is 24.5 Å². The molecule has 0 aliphatic carbocycles. The van der Waals surface area contributed by atoms with Gasteiger partial charge in [-0.25, -0.2) is 9.67 Å². The summed E-state index contributed by atoms with van der Waals surface area (Å²) in [5.41, 5.74) is 3.45. The Morgan fingerprint density at radius 2 is 2.14 bits per heavy atom. The maximum absolute atomic E-state index is 5.52. The molecule has 1 aliphatic heterocycles. The zero-order valence-electron chi connectivity index (χ0n) is 16.2. The first-order chi connectivity index (χ1) is 13.7. The lowest BCUT2D eigenvalue weighted by atomic mass is 10.2. The second kappa shape index (κ2) is 7.81. The molecule has 0 amide bonds. The van der Waals surface area contributed by atoms with Crippen LogP contribution in [0.2, 0.25) is 0 Å². The van der Waals surface area contributed by atoms with Crippen LogP contribution >= 0.6 is 0 Å². The highest BCUT2D eigenvalue weighted by Crippen LogP contribution is 2.29. The molecule has 1 fully saturated rings. The highest BCUT2D eigenvalue weighted by molar-refractivity contribution is 5.62. The molecule has 4 rings (SSSR count). The van der Waals surface area contributed by atoms with Crippen LogP contribution in [0.25, 0.3) is 5.69 Å². The van der Waals surface area contributed by atoms with Gasteiger partial charge in [-0.15, -0.1) is 5.10 Å². The van der Waals surface area contributed by atoms with Gasteiger partial charge in [-0.2, -0.15) is 4.98 Å². The summed E-state index contributed by atoms with van der Waals surface area (Å²) in [5.74, 6) is 1.99. The van der Waals surface area contributed by atoms with E-state index >= 15 is 0 Å². The Morgan fingerprint density at radius 3 is 2.89 bits per heavy atom. The van der Waals surface area contributed by atoms with E-state index < -0.39 is 0 Å². The fourth-order valence-electron chi connectivity index (χ4n) is 3.32. The van der Waals surface area contributed by atoms with Crippen LogP contribution in [0.4, 0.5) is 17.5 Å². The van der Waals surface area contributed by atoms with Crippen LogP contribution in [-0.4, -0.2) is 45.7 Å². The minimum Gasteiger partial charge on any atom is -0.494 e. The Morgan fingerprint density at radius 1 is 1.25 bits per heavy atom. The molecule has 9 heteroatoms. The summed E-state index contributed by atoms with van der Waals surface area (Å²) in [4.78, 5) is 8.88. The van der Waals surface area contributed by atoms with E-state index in [1.54, 1.807) is 11.8 Å². The number of nitrogens with zero attached hydrogens (tertiary/aromatic N) is 5. The van der Waals surface area contributed by atoms with Crippen LogP contribution in [0.5, 0.6) is 5.75 Å². The summed E-state index contributed by atoms with van der Waals surface area (Å²) in [7, 11) is 3.48. The fourth-order valence-corrected chi connectivity index (χ4v) is 3.32. The van der Waals surface area contributed by atoms with Gasteiger partial charge in [-0.1, -0.05) is 5.21 Å². The number of benzene rings is 1. The first-order valence-electron chi connectivity index (χ1n) is 9.31. The van der Waals surface area contributed by atoms with Crippen LogP contribution in [-0.2, 0) is 0 Å². The lowest BCUT2D eigenvalue weighted by molar-refractivity contribution is 0.411. The van der Waals surface area contributed by atoms with Crippen molar-refractivity contribution < 1.29 is 4.74 Å². The maximum Gasteiger partial charge on any atom is 0.229 e. The highest BCUT2D eigenvalue weighted by atomic mass is 16.5. The molecule has 1 aromatic carbocycles. The molecule has 1 saturated heterocycles. The van der Waals surface area contributed by atoms with E-state index in [2.05, 4.69) is 36.2 Å². The molecular weight excluding hydrogens is 356 g/mol. The van der Waals surface area contributed by atoms with E-state index in [-0.39, 0.29) is 6.04 Å². The normalized spacial score (nSPS) is 16.2. The van der Waals surface area contributed by atoms with Gasteiger partial charge in [0.15, 0.2) is 0 Å². The second-order valence-corrected chi connectivity index (χ2v) is 6.72.